The first-order chi connectivity index (χ1) is 12.8. The summed E-state index contributed by atoms with van der Waals surface area (Å²) >= 11 is 1.61. The predicted octanol–water partition coefficient (Wildman–Crippen LogP) is 3.35. The number of anilines is 1. The van der Waals surface area contributed by atoms with Crippen molar-refractivity contribution >= 4 is 23.4 Å². The molecule has 1 amide bonds. The first kappa shape index (κ1) is 18.8. The molecule has 0 atom stereocenters. The van der Waals surface area contributed by atoms with E-state index in [1.54, 1.807) is 11.8 Å². The minimum atomic E-state index is 0.0313. The van der Waals surface area contributed by atoms with Gasteiger partial charge >= 0.3 is 0 Å². The highest BCUT2D eigenvalue weighted by Crippen LogP contribution is 2.19. The number of nitrogens with zero attached hydrogens (tertiary/aromatic N) is 2. The van der Waals surface area contributed by atoms with Crippen molar-refractivity contribution in [2.75, 3.05) is 50.4 Å². The normalized spacial score (nSPS) is 15.0. The van der Waals surface area contributed by atoms with Gasteiger partial charge in [-0.05, 0) is 43.5 Å². The molecule has 1 heterocycles. The van der Waals surface area contributed by atoms with Crippen molar-refractivity contribution in [2.45, 2.75) is 11.3 Å². The molecule has 4 nitrogen and oxygen atoms in total. The van der Waals surface area contributed by atoms with Crippen LogP contribution in [0.4, 0.5) is 5.69 Å². The maximum atomic E-state index is 12.3. The average Bonchev–Trinajstić information content (AvgIpc) is 2.72. The van der Waals surface area contributed by atoms with Crippen LogP contribution in [0.15, 0.2) is 59.5 Å². The lowest BCUT2D eigenvalue weighted by atomic mass is 10.2. The van der Waals surface area contributed by atoms with Crippen LogP contribution >= 0.6 is 11.8 Å². The number of carbonyl (C=O) groups is 1. The number of carbonyl (C=O) groups excluding carboxylic acids is 1. The second-order valence-electron chi connectivity index (χ2n) is 6.47. The number of thioether (sulfide) groups is 1. The van der Waals surface area contributed by atoms with Gasteiger partial charge in [0.15, 0.2) is 0 Å². The zero-order chi connectivity index (χ0) is 18.2. The van der Waals surface area contributed by atoms with Crippen molar-refractivity contribution in [1.82, 2.24) is 10.2 Å². The van der Waals surface area contributed by atoms with Gasteiger partial charge in [0.05, 0.1) is 5.56 Å². The lowest BCUT2D eigenvalue weighted by molar-refractivity contribution is 0.0948. The average molecular weight is 370 g/mol. The maximum Gasteiger partial charge on any atom is 0.252 e. The van der Waals surface area contributed by atoms with Gasteiger partial charge in [0, 0.05) is 43.3 Å². The summed E-state index contributed by atoms with van der Waals surface area (Å²) in [5, 5.41) is 3.06. The molecule has 0 bridgehead atoms. The topological polar surface area (TPSA) is 35.6 Å². The van der Waals surface area contributed by atoms with E-state index in [1.807, 2.05) is 30.5 Å². The Morgan fingerprint density at radius 1 is 1.00 bits per heavy atom. The van der Waals surface area contributed by atoms with Crippen LogP contribution in [0.2, 0.25) is 0 Å². The fraction of sp³-hybridized carbons (Fsp3) is 0.381. The van der Waals surface area contributed by atoms with Gasteiger partial charge < -0.3 is 10.2 Å². The number of hydrogen-bond acceptors (Lipinski definition) is 4. The molecule has 1 fully saturated rings. The Kier molecular flexibility index (Phi) is 6.97. The molecule has 1 saturated heterocycles. The second-order valence-corrected chi connectivity index (χ2v) is 7.32. The van der Waals surface area contributed by atoms with E-state index in [9.17, 15) is 4.79 Å². The van der Waals surface area contributed by atoms with Crippen LogP contribution in [-0.2, 0) is 0 Å². The molecule has 0 aliphatic carbocycles. The van der Waals surface area contributed by atoms with Crippen molar-refractivity contribution < 1.29 is 4.79 Å². The molecule has 0 radical (unpaired) electrons. The predicted molar refractivity (Wildman–Crippen MR) is 110 cm³/mol. The van der Waals surface area contributed by atoms with Crippen molar-refractivity contribution in [2.24, 2.45) is 0 Å². The molecule has 2 aromatic rings. The molecule has 138 valence electrons. The number of rotatable bonds is 7. The van der Waals surface area contributed by atoms with Crippen molar-refractivity contribution in [3.63, 3.8) is 0 Å². The number of amides is 1. The lowest BCUT2D eigenvalue weighted by Crippen LogP contribution is -2.47. The minimum absolute atomic E-state index is 0.0313. The van der Waals surface area contributed by atoms with E-state index < -0.39 is 0 Å². The molecule has 1 aliphatic heterocycles. The van der Waals surface area contributed by atoms with Gasteiger partial charge in [-0.3, -0.25) is 9.69 Å². The second kappa shape index (κ2) is 9.64. The quantitative estimate of drug-likeness (QED) is 0.600. The van der Waals surface area contributed by atoms with E-state index in [0.29, 0.717) is 0 Å². The Labute approximate surface area is 160 Å². The first-order valence-corrected chi connectivity index (χ1v) is 10.4. The van der Waals surface area contributed by atoms with Gasteiger partial charge in [0.2, 0.25) is 0 Å². The Morgan fingerprint density at radius 2 is 1.69 bits per heavy atom. The largest absolute Gasteiger partial charge is 0.369 e. The van der Waals surface area contributed by atoms with Crippen LogP contribution < -0.4 is 10.2 Å². The molecule has 26 heavy (non-hydrogen) atoms. The van der Waals surface area contributed by atoms with Crippen LogP contribution in [0.25, 0.3) is 0 Å². The molecular formula is C21H27N3OS. The highest BCUT2D eigenvalue weighted by molar-refractivity contribution is 7.98. The molecule has 0 unspecified atom stereocenters. The molecule has 0 spiro atoms. The molecule has 2 aromatic carbocycles. The van der Waals surface area contributed by atoms with E-state index in [-0.39, 0.29) is 5.91 Å². The van der Waals surface area contributed by atoms with Crippen LogP contribution in [0.5, 0.6) is 0 Å². The molecule has 0 aromatic heterocycles. The van der Waals surface area contributed by atoms with Crippen LogP contribution in [0.3, 0.4) is 0 Å². The van der Waals surface area contributed by atoms with Crippen molar-refractivity contribution in [3.8, 4) is 0 Å². The van der Waals surface area contributed by atoms with E-state index in [1.165, 1.54) is 5.69 Å². The third kappa shape index (κ3) is 5.02. The van der Waals surface area contributed by atoms with E-state index in [0.717, 1.165) is 56.1 Å². The van der Waals surface area contributed by atoms with Crippen LogP contribution in [0.1, 0.15) is 16.8 Å². The Balaban J connectivity index is 1.36. The molecule has 3 rings (SSSR count). The zero-order valence-electron chi connectivity index (χ0n) is 15.4. The summed E-state index contributed by atoms with van der Waals surface area (Å²) in [4.78, 5) is 18.3. The third-order valence-corrected chi connectivity index (χ3v) is 5.58. The van der Waals surface area contributed by atoms with E-state index in [2.05, 4.69) is 45.4 Å². The third-order valence-electron chi connectivity index (χ3n) is 4.78. The number of para-hydroxylation sites is 1. The summed E-state index contributed by atoms with van der Waals surface area (Å²) < 4.78 is 0. The smallest absolute Gasteiger partial charge is 0.252 e. The summed E-state index contributed by atoms with van der Waals surface area (Å²) in [5.41, 5.74) is 2.09. The maximum absolute atomic E-state index is 12.3. The fourth-order valence-electron chi connectivity index (χ4n) is 3.30. The van der Waals surface area contributed by atoms with Crippen LogP contribution in [-0.4, -0.2) is 56.3 Å². The Morgan fingerprint density at radius 3 is 2.42 bits per heavy atom. The molecule has 1 N–H and O–H groups in total. The Hall–Kier alpha value is -1.98. The number of hydrogen-bond donors (Lipinski definition) is 1. The minimum Gasteiger partial charge on any atom is -0.369 e. The highest BCUT2D eigenvalue weighted by Gasteiger charge is 2.16. The van der Waals surface area contributed by atoms with E-state index in [4.69, 9.17) is 0 Å². The summed E-state index contributed by atoms with van der Waals surface area (Å²) in [6, 6.07) is 18.4. The monoisotopic (exact) mass is 369 g/mol. The van der Waals surface area contributed by atoms with Gasteiger partial charge in [0.1, 0.15) is 0 Å². The summed E-state index contributed by atoms with van der Waals surface area (Å²) in [6.45, 7) is 6.05. The number of piperazine rings is 1. The molecule has 0 saturated carbocycles. The summed E-state index contributed by atoms with van der Waals surface area (Å²) in [5.74, 6) is 0.0313. The van der Waals surface area contributed by atoms with Crippen molar-refractivity contribution in [1.29, 1.82) is 0 Å². The standard InChI is InChI=1S/C21H27N3OS/c1-26-20-11-6-5-10-19(20)21(25)22-12-7-13-23-14-16-24(17-15-23)18-8-3-2-4-9-18/h2-6,8-11H,7,12-17H2,1H3,(H,22,25). The van der Waals surface area contributed by atoms with Gasteiger partial charge in [0.25, 0.3) is 5.91 Å². The Bertz CT molecular complexity index is 699. The molecule has 5 heteroatoms. The summed E-state index contributed by atoms with van der Waals surface area (Å²) in [7, 11) is 0. The molecule has 1 aliphatic rings. The van der Waals surface area contributed by atoms with Gasteiger partial charge in [-0.25, -0.2) is 0 Å². The number of benzene rings is 2. The van der Waals surface area contributed by atoms with E-state index >= 15 is 0 Å². The lowest BCUT2D eigenvalue weighted by Gasteiger charge is -2.36. The van der Waals surface area contributed by atoms with Gasteiger partial charge in [-0.2, -0.15) is 0 Å². The summed E-state index contributed by atoms with van der Waals surface area (Å²) in [6.07, 6.45) is 2.99. The van der Waals surface area contributed by atoms with Gasteiger partial charge in [-0.15, -0.1) is 11.8 Å². The van der Waals surface area contributed by atoms with Crippen LogP contribution in [0, 0.1) is 0 Å². The molecular weight excluding hydrogens is 342 g/mol. The highest BCUT2D eigenvalue weighted by atomic mass is 32.2. The first-order valence-electron chi connectivity index (χ1n) is 9.21. The van der Waals surface area contributed by atoms with Crippen molar-refractivity contribution in [3.05, 3.63) is 60.2 Å². The zero-order valence-corrected chi connectivity index (χ0v) is 16.2. The fourth-order valence-corrected chi connectivity index (χ4v) is 3.90. The van der Waals surface area contributed by atoms with Gasteiger partial charge in [-0.1, -0.05) is 30.3 Å². The number of nitrogens with one attached hydrogen (secondary N) is 1. The SMILES string of the molecule is CSc1ccccc1C(=O)NCCCN1CCN(c2ccccc2)CC1.